The second-order valence-electron chi connectivity index (χ2n) is 3.84. The standard InChI is InChI=1S/C11H11FN2O3/c12-9-7(3-1-5-13-9)10(15)14-6-2-4-8(14)11(16)17/h1,3,5,8H,2,4,6H2,(H,16,17)/t8-/m1/s1. The first-order valence-corrected chi connectivity index (χ1v) is 5.25. The summed E-state index contributed by atoms with van der Waals surface area (Å²) in [4.78, 5) is 27.5. The Labute approximate surface area is 96.9 Å². The maximum absolute atomic E-state index is 13.3. The largest absolute Gasteiger partial charge is 0.480 e. The number of hydrogen-bond acceptors (Lipinski definition) is 3. The van der Waals surface area contributed by atoms with E-state index in [1.165, 1.54) is 23.2 Å². The molecular formula is C11H11FN2O3. The number of rotatable bonds is 2. The first-order chi connectivity index (χ1) is 8.11. The maximum Gasteiger partial charge on any atom is 0.326 e. The molecule has 1 saturated heterocycles. The predicted molar refractivity (Wildman–Crippen MR) is 55.9 cm³/mol. The number of hydrogen-bond donors (Lipinski definition) is 1. The van der Waals surface area contributed by atoms with Gasteiger partial charge in [0.05, 0.1) is 5.56 Å². The lowest BCUT2D eigenvalue weighted by molar-refractivity contribution is -0.141. The van der Waals surface area contributed by atoms with Crippen molar-refractivity contribution in [1.82, 2.24) is 9.88 Å². The highest BCUT2D eigenvalue weighted by molar-refractivity contribution is 5.96. The SMILES string of the molecule is O=C(O)[C@H]1CCCN1C(=O)c1cccnc1F. The van der Waals surface area contributed by atoms with Crippen molar-refractivity contribution in [2.24, 2.45) is 0 Å². The van der Waals surface area contributed by atoms with Crippen LogP contribution in [-0.2, 0) is 4.79 Å². The van der Waals surface area contributed by atoms with Crippen LogP contribution in [0.3, 0.4) is 0 Å². The molecule has 1 aliphatic rings. The molecule has 1 amide bonds. The maximum atomic E-state index is 13.3. The topological polar surface area (TPSA) is 70.5 Å². The van der Waals surface area contributed by atoms with Crippen molar-refractivity contribution in [1.29, 1.82) is 0 Å². The molecule has 90 valence electrons. The van der Waals surface area contributed by atoms with Crippen LogP contribution < -0.4 is 0 Å². The zero-order valence-electron chi connectivity index (χ0n) is 8.97. The van der Waals surface area contributed by atoms with Crippen LogP contribution in [0.2, 0.25) is 0 Å². The molecule has 17 heavy (non-hydrogen) atoms. The molecule has 6 heteroatoms. The molecule has 0 unspecified atom stereocenters. The van der Waals surface area contributed by atoms with Gasteiger partial charge in [-0.1, -0.05) is 0 Å². The molecule has 1 aromatic rings. The second-order valence-corrected chi connectivity index (χ2v) is 3.84. The van der Waals surface area contributed by atoms with Gasteiger partial charge in [0.25, 0.3) is 5.91 Å². The fourth-order valence-electron chi connectivity index (χ4n) is 1.97. The van der Waals surface area contributed by atoms with Crippen LogP contribution in [0.25, 0.3) is 0 Å². The van der Waals surface area contributed by atoms with E-state index in [4.69, 9.17) is 5.11 Å². The average molecular weight is 238 g/mol. The molecule has 1 fully saturated rings. The van der Waals surface area contributed by atoms with Crippen molar-refractivity contribution >= 4 is 11.9 Å². The minimum Gasteiger partial charge on any atom is -0.480 e. The first kappa shape index (κ1) is 11.5. The Morgan fingerprint density at radius 2 is 2.29 bits per heavy atom. The minimum atomic E-state index is -1.06. The van der Waals surface area contributed by atoms with Gasteiger partial charge in [-0.15, -0.1) is 0 Å². The van der Waals surface area contributed by atoms with Crippen LogP contribution in [-0.4, -0.2) is 39.5 Å². The summed E-state index contributed by atoms with van der Waals surface area (Å²) in [5, 5.41) is 8.95. The molecule has 1 aliphatic heterocycles. The van der Waals surface area contributed by atoms with Crippen molar-refractivity contribution in [2.75, 3.05) is 6.54 Å². The number of carbonyl (C=O) groups excluding carboxylic acids is 1. The summed E-state index contributed by atoms with van der Waals surface area (Å²) in [6.07, 6.45) is 2.26. The Hall–Kier alpha value is -1.98. The van der Waals surface area contributed by atoms with Gasteiger partial charge >= 0.3 is 5.97 Å². The number of aliphatic carboxylic acids is 1. The van der Waals surface area contributed by atoms with Gasteiger partial charge in [-0.2, -0.15) is 4.39 Å². The molecule has 5 nitrogen and oxygen atoms in total. The lowest BCUT2D eigenvalue weighted by Crippen LogP contribution is -2.40. The van der Waals surface area contributed by atoms with Crippen LogP contribution in [0.1, 0.15) is 23.2 Å². The van der Waals surface area contributed by atoms with E-state index in [1.807, 2.05) is 0 Å². The first-order valence-electron chi connectivity index (χ1n) is 5.25. The summed E-state index contributed by atoms with van der Waals surface area (Å²) in [7, 11) is 0. The lowest BCUT2D eigenvalue weighted by Gasteiger charge is -2.21. The molecule has 2 heterocycles. The van der Waals surface area contributed by atoms with Gasteiger partial charge in [0, 0.05) is 12.7 Å². The number of aromatic nitrogens is 1. The van der Waals surface area contributed by atoms with E-state index in [9.17, 15) is 14.0 Å². The summed E-state index contributed by atoms with van der Waals surface area (Å²) in [5.74, 6) is -2.53. The fourth-order valence-corrected chi connectivity index (χ4v) is 1.97. The molecule has 0 saturated carbocycles. The quantitative estimate of drug-likeness (QED) is 0.777. The monoisotopic (exact) mass is 238 g/mol. The molecule has 0 bridgehead atoms. The Morgan fingerprint density at radius 1 is 1.53 bits per heavy atom. The summed E-state index contributed by atoms with van der Waals surface area (Å²) in [5.41, 5.74) is -0.180. The van der Waals surface area contributed by atoms with Crippen LogP contribution in [0.15, 0.2) is 18.3 Å². The van der Waals surface area contributed by atoms with Crippen LogP contribution in [0.4, 0.5) is 4.39 Å². The zero-order valence-corrected chi connectivity index (χ0v) is 8.97. The van der Waals surface area contributed by atoms with Crippen molar-refractivity contribution in [3.05, 3.63) is 29.8 Å². The van der Waals surface area contributed by atoms with Crippen molar-refractivity contribution in [3.8, 4) is 0 Å². The number of halogens is 1. The molecule has 0 aliphatic carbocycles. The zero-order chi connectivity index (χ0) is 12.4. The van der Waals surface area contributed by atoms with E-state index in [0.717, 1.165) is 0 Å². The van der Waals surface area contributed by atoms with E-state index in [-0.39, 0.29) is 5.56 Å². The third-order valence-corrected chi connectivity index (χ3v) is 2.79. The number of carboxylic acids is 1. The summed E-state index contributed by atoms with van der Waals surface area (Å²) in [6.45, 7) is 0.337. The summed E-state index contributed by atoms with van der Waals surface area (Å²) in [6, 6.07) is 1.89. The fraction of sp³-hybridized carbons (Fsp3) is 0.364. The van der Waals surface area contributed by atoms with E-state index < -0.39 is 23.9 Å². The van der Waals surface area contributed by atoms with Crippen LogP contribution in [0, 0.1) is 5.95 Å². The van der Waals surface area contributed by atoms with E-state index in [1.54, 1.807) is 0 Å². The third kappa shape index (κ3) is 2.11. The Kier molecular flexibility index (Phi) is 3.03. The van der Waals surface area contributed by atoms with Gasteiger partial charge in [-0.05, 0) is 25.0 Å². The molecule has 0 aromatic carbocycles. The minimum absolute atomic E-state index is 0.180. The molecule has 2 rings (SSSR count). The van der Waals surface area contributed by atoms with E-state index in [0.29, 0.717) is 19.4 Å². The van der Waals surface area contributed by atoms with E-state index in [2.05, 4.69) is 4.98 Å². The molecular weight excluding hydrogens is 227 g/mol. The van der Waals surface area contributed by atoms with E-state index >= 15 is 0 Å². The second kappa shape index (κ2) is 4.48. The lowest BCUT2D eigenvalue weighted by atomic mass is 10.2. The normalized spacial score (nSPS) is 19.4. The summed E-state index contributed by atoms with van der Waals surface area (Å²) < 4.78 is 13.3. The van der Waals surface area contributed by atoms with Gasteiger partial charge in [0.2, 0.25) is 5.95 Å². The van der Waals surface area contributed by atoms with Crippen molar-refractivity contribution in [2.45, 2.75) is 18.9 Å². The smallest absolute Gasteiger partial charge is 0.326 e. The van der Waals surface area contributed by atoms with Gasteiger partial charge in [0.1, 0.15) is 6.04 Å². The summed E-state index contributed by atoms with van der Waals surface area (Å²) >= 11 is 0. The van der Waals surface area contributed by atoms with Crippen molar-refractivity contribution < 1.29 is 19.1 Å². The Balaban J connectivity index is 2.26. The number of amides is 1. The number of nitrogens with zero attached hydrogens (tertiary/aromatic N) is 2. The third-order valence-electron chi connectivity index (χ3n) is 2.79. The molecule has 0 spiro atoms. The highest BCUT2D eigenvalue weighted by Crippen LogP contribution is 2.20. The van der Waals surface area contributed by atoms with Gasteiger partial charge < -0.3 is 10.0 Å². The Morgan fingerprint density at radius 3 is 2.94 bits per heavy atom. The number of carbonyl (C=O) groups is 2. The van der Waals surface area contributed by atoms with Gasteiger partial charge in [0.15, 0.2) is 0 Å². The molecule has 1 atom stereocenters. The molecule has 0 radical (unpaired) electrons. The van der Waals surface area contributed by atoms with Crippen LogP contribution >= 0.6 is 0 Å². The highest BCUT2D eigenvalue weighted by Gasteiger charge is 2.35. The number of carboxylic acid groups (broad SMARTS) is 1. The molecule has 1 N–H and O–H groups in total. The van der Waals surface area contributed by atoms with Gasteiger partial charge in [-0.25, -0.2) is 9.78 Å². The highest BCUT2D eigenvalue weighted by atomic mass is 19.1. The predicted octanol–water partition coefficient (Wildman–Crippen LogP) is 0.910. The number of likely N-dealkylation sites (tertiary alicyclic amines) is 1. The van der Waals surface area contributed by atoms with Crippen molar-refractivity contribution in [3.63, 3.8) is 0 Å². The number of pyridine rings is 1. The van der Waals surface area contributed by atoms with Crippen LogP contribution in [0.5, 0.6) is 0 Å². The molecule has 1 aromatic heterocycles. The Bertz CT molecular complexity index is 464. The van der Waals surface area contributed by atoms with Gasteiger partial charge in [-0.3, -0.25) is 4.79 Å². The average Bonchev–Trinajstić information content (AvgIpc) is 2.77.